The number of hydrogen-bond donors (Lipinski definition) is 1. The first-order chi connectivity index (χ1) is 5.95. The van der Waals surface area contributed by atoms with Crippen LogP contribution in [0.2, 0.25) is 0 Å². The van der Waals surface area contributed by atoms with Crippen LogP contribution < -0.4 is 5.73 Å². The van der Waals surface area contributed by atoms with Gasteiger partial charge in [-0.2, -0.15) is 13.2 Å². The molecular formula is C7H6ClF3N2. The molecule has 0 saturated carbocycles. The zero-order valence-electron chi connectivity index (χ0n) is 6.40. The van der Waals surface area contributed by atoms with Gasteiger partial charge < -0.3 is 5.73 Å². The SMILES string of the molecule is Nc1cc(CCl)cnc1C(F)(F)F. The summed E-state index contributed by atoms with van der Waals surface area (Å²) in [5.41, 5.74) is 4.14. The Balaban J connectivity index is 3.13. The molecule has 0 amide bonds. The van der Waals surface area contributed by atoms with E-state index in [1.165, 1.54) is 6.07 Å². The summed E-state index contributed by atoms with van der Waals surface area (Å²) in [5, 5.41) is 0. The summed E-state index contributed by atoms with van der Waals surface area (Å²) in [5.74, 6) is 0.0926. The number of rotatable bonds is 1. The van der Waals surface area contributed by atoms with Crippen molar-refractivity contribution in [3.8, 4) is 0 Å². The maximum absolute atomic E-state index is 12.1. The third-order valence-electron chi connectivity index (χ3n) is 1.40. The quantitative estimate of drug-likeness (QED) is 0.723. The molecule has 0 spiro atoms. The molecule has 0 aromatic carbocycles. The molecule has 1 heterocycles. The Kier molecular flexibility index (Phi) is 2.66. The molecule has 2 N–H and O–H groups in total. The second-order valence-electron chi connectivity index (χ2n) is 2.41. The van der Waals surface area contributed by atoms with E-state index in [4.69, 9.17) is 17.3 Å². The fourth-order valence-corrected chi connectivity index (χ4v) is 0.983. The molecule has 1 rings (SSSR count). The summed E-state index contributed by atoms with van der Waals surface area (Å²) in [7, 11) is 0. The highest BCUT2D eigenvalue weighted by Gasteiger charge is 2.34. The van der Waals surface area contributed by atoms with Gasteiger partial charge in [-0.25, -0.2) is 4.98 Å². The Hall–Kier alpha value is -0.970. The summed E-state index contributed by atoms with van der Waals surface area (Å²) in [6, 6.07) is 1.17. The van der Waals surface area contributed by atoms with E-state index < -0.39 is 17.6 Å². The predicted molar refractivity (Wildman–Crippen MR) is 43.2 cm³/mol. The molecule has 1 aromatic heterocycles. The molecule has 0 aliphatic carbocycles. The van der Waals surface area contributed by atoms with E-state index in [2.05, 4.69) is 4.98 Å². The Morgan fingerprint density at radius 2 is 2.08 bits per heavy atom. The standard InChI is InChI=1S/C7H6ClF3N2/c8-2-4-1-5(12)6(13-3-4)7(9,10)11/h1,3H,2,12H2. The molecule has 6 heteroatoms. The highest BCUT2D eigenvalue weighted by atomic mass is 35.5. The van der Waals surface area contributed by atoms with Crippen molar-refractivity contribution in [2.75, 3.05) is 5.73 Å². The number of alkyl halides is 4. The van der Waals surface area contributed by atoms with Crippen LogP contribution in [-0.2, 0) is 12.1 Å². The van der Waals surface area contributed by atoms with E-state index in [-0.39, 0.29) is 5.88 Å². The number of nitrogens with zero attached hydrogens (tertiary/aromatic N) is 1. The van der Waals surface area contributed by atoms with Crippen LogP contribution >= 0.6 is 11.6 Å². The van der Waals surface area contributed by atoms with Crippen LogP contribution in [0, 0.1) is 0 Å². The van der Waals surface area contributed by atoms with Crippen LogP contribution in [-0.4, -0.2) is 4.98 Å². The molecular weight excluding hydrogens is 205 g/mol. The topological polar surface area (TPSA) is 38.9 Å². The van der Waals surface area contributed by atoms with Gasteiger partial charge in [0.05, 0.1) is 5.69 Å². The molecule has 2 nitrogen and oxygen atoms in total. The van der Waals surface area contributed by atoms with Crippen molar-refractivity contribution in [1.82, 2.24) is 4.98 Å². The zero-order chi connectivity index (χ0) is 10.1. The lowest BCUT2D eigenvalue weighted by Gasteiger charge is -2.08. The molecule has 0 unspecified atom stereocenters. The predicted octanol–water partition coefficient (Wildman–Crippen LogP) is 2.42. The molecule has 13 heavy (non-hydrogen) atoms. The lowest BCUT2D eigenvalue weighted by atomic mass is 10.2. The first kappa shape index (κ1) is 10.1. The van der Waals surface area contributed by atoms with Crippen molar-refractivity contribution in [3.63, 3.8) is 0 Å². The molecule has 0 aliphatic heterocycles. The fraction of sp³-hybridized carbons (Fsp3) is 0.286. The largest absolute Gasteiger partial charge is 0.435 e. The summed E-state index contributed by atoms with van der Waals surface area (Å²) in [6.07, 6.45) is -3.44. The van der Waals surface area contributed by atoms with Gasteiger partial charge in [0.1, 0.15) is 0 Å². The zero-order valence-corrected chi connectivity index (χ0v) is 7.15. The van der Waals surface area contributed by atoms with Crippen LogP contribution in [0.25, 0.3) is 0 Å². The average Bonchev–Trinajstić information content (AvgIpc) is 2.01. The Labute approximate surface area is 77.5 Å². The maximum Gasteiger partial charge on any atom is 0.435 e. The lowest BCUT2D eigenvalue weighted by Crippen LogP contribution is -2.11. The first-order valence-corrected chi connectivity index (χ1v) is 3.86. The Morgan fingerprint density at radius 1 is 1.46 bits per heavy atom. The van der Waals surface area contributed by atoms with Crippen LogP contribution in [0.15, 0.2) is 12.3 Å². The number of anilines is 1. The van der Waals surface area contributed by atoms with E-state index in [9.17, 15) is 13.2 Å². The van der Waals surface area contributed by atoms with Gasteiger partial charge in [0.2, 0.25) is 0 Å². The minimum Gasteiger partial charge on any atom is -0.397 e. The second kappa shape index (κ2) is 3.41. The second-order valence-corrected chi connectivity index (χ2v) is 2.68. The smallest absolute Gasteiger partial charge is 0.397 e. The lowest BCUT2D eigenvalue weighted by molar-refractivity contribution is -0.140. The summed E-state index contributed by atoms with van der Waals surface area (Å²) in [4.78, 5) is 3.19. The van der Waals surface area contributed by atoms with Gasteiger partial charge in [-0.3, -0.25) is 0 Å². The van der Waals surface area contributed by atoms with Crippen molar-refractivity contribution >= 4 is 17.3 Å². The summed E-state index contributed by atoms with van der Waals surface area (Å²) in [6.45, 7) is 0. The summed E-state index contributed by atoms with van der Waals surface area (Å²) < 4.78 is 36.3. The number of halogens is 4. The van der Waals surface area contributed by atoms with Crippen molar-refractivity contribution in [2.45, 2.75) is 12.1 Å². The minimum atomic E-state index is -4.51. The molecule has 0 bridgehead atoms. The highest BCUT2D eigenvalue weighted by molar-refractivity contribution is 6.17. The fourth-order valence-electron chi connectivity index (χ4n) is 0.837. The van der Waals surface area contributed by atoms with Gasteiger partial charge in [0.15, 0.2) is 5.69 Å². The number of pyridine rings is 1. The first-order valence-electron chi connectivity index (χ1n) is 3.32. The van der Waals surface area contributed by atoms with Gasteiger partial charge in [-0.05, 0) is 11.6 Å². The van der Waals surface area contributed by atoms with E-state index in [0.29, 0.717) is 5.56 Å². The summed E-state index contributed by atoms with van der Waals surface area (Å²) >= 11 is 5.39. The van der Waals surface area contributed by atoms with Crippen molar-refractivity contribution in [2.24, 2.45) is 0 Å². The van der Waals surface area contributed by atoms with Crippen LogP contribution in [0.4, 0.5) is 18.9 Å². The van der Waals surface area contributed by atoms with Gasteiger partial charge >= 0.3 is 6.18 Å². The molecule has 0 fully saturated rings. The molecule has 0 aliphatic rings. The van der Waals surface area contributed by atoms with Crippen LogP contribution in [0.5, 0.6) is 0 Å². The van der Waals surface area contributed by atoms with E-state index in [1.54, 1.807) is 0 Å². The molecule has 72 valence electrons. The van der Waals surface area contributed by atoms with Crippen molar-refractivity contribution in [1.29, 1.82) is 0 Å². The highest BCUT2D eigenvalue weighted by Crippen LogP contribution is 2.31. The van der Waals surface area contributed by atoms with E-state index >= 15 is 0 Å². The maximum atomic E-state index is 12.1. The third kappa shape index (κ3) is 2.24. The third-order valence-corrected chi connectivity index (χ3v) is 1.71. The van der Waals surface area contributed by atoms with Gasteiger partial charge in [-0.1, -0.05) is 0 Å². The Morgan fingerprint density at radius 3 is 2.46 bits per heavy atom. The minimum absolute atomic E-state index is 0.0926. The van der Waals surface area contributed by atoms with Gasteiger partial charge in [0.25, 0.3) is 0 Å². The normalized spacial score (nSPS) is 11.7. The van der Waals surface area contributed by atoms with Gasteiger partial charge in [0, 0.05) is 12.1 Å². The van der Waals surface area contributed by atoms with Crippen LogP contribution in [0.1, 0.15) is 11.3 Å². The monoisotopic (exact) mass is 210 g/mol. The molecule has 1 aromatic rings. The number of nitrogens with two attached hydrogens (primary N) is 1. The van der Waals surface area contributed by atoms with Crippen LogP contribution in [0.3, 0.4) is 0 Å². The van der Waals surface area contributed by atoms with Crippen molar-refractivity contribution < 1.29 is 13.2 Å². The number of hydrogen-bond acceptors (Lipinski definition) is 2. The molecule has 0 radical (unpaired) electrons. The van der Waals surface area contributed by atoms with Gasteiger partial charge in [-0.15, -0.1) is 11.6 Å². The average molecular weight is 211 g/mol. The van der Waals surface area contributed by atoms with Crippen molar-refractivity contribution in [3.05, 3.63) is 23.5 Å². The Bertz CT molecular complexity index is 311. The molecule has 0 atom stereocenters. The van der Waals surface area contributed by atoms with E-state index in [1.807, 2.05) is 0 Å². The molecule has 0 saturated heterocycles. The number of aromatic nitrogens is 1. The van der Waals surface area contributed by atoms with E-state index in [0.717, 1.165) is 6.20 Å². The number of nitrogen functional groups attached to an aromatic ring is 1.